The maximum absolute atomic E-state index is 5.91. The molecule has 0 saturated carbocycles. The van der Waals surface area contributed by atoms with E-state index in [-0.39, 0.29) is 6.04 Å². The van der Waals surface area contributed by atoms with Crippen molar-refractivity contribution in [2.45, 2.75) is 25.3 Å². The molecule has 0 amide bonds. The molecule has 0 spiro atoms. The second-order valence-corrected chi connectivity index (χ2v) is 3.07. The number of aryl methyl sites for hydroxylation is 1. The molecule has 1 heterocycles. The third-order valence-corrected chi connectivity index (χ3v) is 2.31. The first-order chi connectivity index (χ1) is 5.38. The lowest BCUT2D eigenvalue weighted by molar-refractivity contribution is 0.568. The Hall–Kier alpha value is -0.890. The average molecular weight is 148 g/mol. The van der Waals surface area contributed by atoms with Crippen LogP contribution in [0.2, 0.25) is 0 Å². The van der Waals surface area contributed by atoms with Crippen LogP contribution in [0.3, 0.4) is 0 Å². The Balaban J connectivity index is 2.44. The summed E-state index contributed by atoms with van der Waals surface area (Å²) in [5.74, 6) is 0. The summed E-state index contributed by atoms with van der Waals surface area (Å²) < 4.78 is 0. The van der Waals surface area contributed by atoms with Gasteiger partial charge in [-0.1, -0.05) is 0 Å². The molecule has 0 bridgehead atoms. The maximum atomic E-state index is 5.91. The van der Waals surface area contributed by atoms with Gasteiger partial charge in [0.1, 0.15) is 0 Å². The summed E-state index contributed by atoms with van der Waals surface area (Å²) >= 11 is 0. The summed E-state index contributed by atoms with van der Waals surface area (Å²) in [7, 11) is 0. The topological polar surface area (TPSA) is 38.9 Å². The largest absolute Gasteiger partial charge is 0.324 e. The van der Waals surface area contributed by atoms with Gasteiger partial charge < -0.3 is 5.73 Å². The highest BCUT2D eigenvalue weighted by Gasteiger charge is 2.15. The quantitative estimate of drug-likeness (QED) is 0.604. The maximum Gasteiger partial charge on any atom is 0.0318 e. The summed E-state index contributed by atoms with van der Waals surface area (Å²) in [5.41, 5.74) is 8.54. The first kappa shape index (κ1) is 6.80. The van der Waals surface area contributed by atoms with Gasteiger partial charge in [-0.25, -0.2) is 0 Å². The van der Waals surface area contributed by atoms with E-state index < -0.39 is 0 Å². The van der Waals surface area contributed by atoms with Crippen molar-refractivity contribution in [2.75, 3.05) is 0 Å². The smallest absolute Gasteiger partial charge is 0.0318 e. The van der Waals surface area contributed by atoms with Gasteiger partial charge in [0.15, 0.2) is 0 Å². The predicted octanol–water partition coefficient (Wildman–Crippen LogP) is 1.42. The molecular weight excluding hydrogens is 136 g/mol. The van der Waals surface area contributed by atoms with Crippen LogP contribution in [0, 0.1) is 0 Å². The fourth-order valence-electron chi connectivity index (χ4n) is 1.66. The average Bonchev–Trinajstić information content (AvgIpc) is 2.06. The Morgan fingerprint density at radius 2 is 2.45 bits per heavy atom. The summed E-state index contributed by atoms with van der Waals surface area (Å²) in [6.07, 6.45) is 7.25. The first-order valence-corrected chi connectivity index (χ1v) is 4.06. The fraction of sp³-hybridized carbons (Fsp3) is 0.444. The summed E-state index contributed by atoms with van der Waals surface area (Å²) in [5, 5.41) is 0. The van der Waals surface area contributed by atoms with Gasteiger partial charge in [0.25, 0.3) is 0 Å². The Morgan fingerprint density at radius 3 is 3.27 bits per heavy atom. The molecule has 0 fully saturated rings. The normalized spacial score (nSPS) is 22.8. The third-order valence-electron chi connectivity index (χ3n) is 2.31. The lowest BCUT2D eigenvalue weighted by Gasteiger charge is -2.20. The molecule has 1 aromatic heterocycles. The van der Waals surface area contributed by atoms with E-state index in [2.05, 4.69) is 11.1 Å². The van der Waals surface area contributed by atoms with Crippen molar-refractivity contribution < 1.29 is 0 Å². The minimum atomic E-state index is 0.229. The van der Waals surface area contributed by atoms with Crippen LogP contribution in [0.15, 0.2) is 18.5 Å². The molecule has 1 atom stereocenters. The van der Waals surface area contributed by atoms with Crippen molar-refractivity contribution in [1.29, 1.82) is 0 Å². The van der Waals surface area contributed by atoms with Crippen LogP contribution in [-0.4, -0.2) is 4.98 Å². The second kappa shape index (κ2) is 2.62. The zero-order valence-corrected chi connectivity index (χ0v) is 6.46. The Labute approximate surface area is 66.4 Å². The number of aromatic nitrogens is 1. The van der Waals surface area contributed by atoms with Gasteiger partial charge in [-0.3, -0.25) is 4.98 Å². The molecule has 11 heavy (non-hydrogen) atoms. The zero-order valence-electron chi connectivity index (χ0n) is 6.46. The lowest BCUT2D eigenvalue weighted by atomic mass is 9.90. The molecule has 1 aliphatic carbocycles. The van der Waals surface area contributed by atoms with Crippen molar-refractivity contribution in [2.24, 2.45) is 5.73 Å². The van der Waals surface area contributed by atoms with E-state index in [0.717, 1.165) is 6.42 Å². The van der Waals surface area contributed by atoms with Gasteiger partial charge in [0.2, 0.25) is 0 Å². The van der Waals surface area contributed by atoms with Crippen LogP contribution >= 0.6 is 0 Å². The van der Waals surface area contributed by atoms with E-state index in [1.54, 1.807) is 0 Å². The molecule has 1 aliphatic rings. The van der Waals surface area contributed by atoms with Crippen molar-refractivity contribution in [3.63, 3.8) is 0 Å². The van der Waals surface area contributed by atoms with E-state index in [0.29, 0.717) is 0 Å². The molecule has 0 unspecified atom stereocenters. The van der Waals surface area contributed by atoms with Crippen LogP contribution in [0.4, 0.5) is 0 Å². The molecule has 2 nitrogen and oxygen atoms in total. The highest BCUT2D eigenvalue weighted by molar-refractivity contribution is 5.28. The highest BCUT2D eigenvalue weighted by Crippen LogP contribution is 2.26. The van der Waals surface area contributed by atoms with Gasteiger partial charge in [-0.15, -0.1) is 0 Å². The first-order valence-electron chi connectivity index (χ1n) is 4.06. The van der Waals surface area contributed by atoms with Gasteiger partial charge in [-0.05, 0) is 36.5 Å². The number of nitrogens with zero attached hydrogens (tertiary/aromatic N) is 1. The van der Waals surface area contributed by atoms with Crippen LogP contribution in [0.5, 0.6) is 0 Å². The Kier molecular flexibility index (Phi) is 1.62. The SMILES string of the molecule is N[C@@H]1CCCc2ccncc21. The molecule has 0 radical (unpaired) electrons. The lowest BCUT2D eigenvalue weighted by Crippen LogP contribution is -2.17. The minimum absolute atomic E-state index is 0.229. The van der Waals surface area contributed by atoms with Crippen LogP contribution < -0.4 is 5.73 Å². The van der Waals surface area contributed by atoms with E-state index in [1.807, 2.05) is 12.4 Å². The zero-order chi connectivity index (χ0) is 7.68. The predicted molar refractivity (Wildman–Crippen MR) is 44.1 cm³/mol. The number of nitrogens with two attached hydrogens (primary N) is 1. The monoisotopic (exact) mass is 148 g/mol. The molecule has 1 aromatic rings. The minimum Gasteiger partial charge on any atom is -0.324 e. The summed E-state index contributed by atoms with van der Waals surface area (Å²) in [6, 6.07) is 2.31. The van der Waals surface area contributed by atoms with Crippen molar-refractivity contribution in [1.82, 2.24) is 4.98 Å². The number of hydrogen-bond donors (Lipinski definition) is 1. The fourth-order valence-corrected chi connectivity index (χ4v) is 1.66. The van der Waals surface area contributed by atoms with Crippen LogP contribution in [0.1, 0.15) is 30.0 Å². The molecule has 58 valence electrons. The molecule has 0 saturated heterocycles. The molecule has 2 heteroatoms. The highest BCUT2D eigenvalue weighted by atomic mass is 14.7. The van der Waals surface area contributed by atoms with Crippen molar-refractivity contribution >= 4 is 0 Å². The van der Waals surface area contributed by atoms with Gasteiger partial charge >= 0.3 is 0 Å². The Morgan fingerprint density at radius 1 is 1.55 bits per heavy atom. The van der Waals surface area contributed by atoms with E-state index >= 15 is 0 Å². The molecule has 2 N–H and O–H groups in total. The van der Waals surface area contributed by atoms with E-state index in [9.17, 15) is 0 Å². The molecule has 2 rings (SSSR count). The summed E-state index contributed by atoms with van der Waals surface area (Å²) in [4.78, 5) is 4.07. The van der Waals surface area contributed by atoms with Gasteiger partial charge in [0, 0.05) is 18.4 Å². The number of hydrogen-bond acceptors (Lipinski definition) is 2. The standard InChI is InChI=1S/C9H12N2/c10-9-3-1-2-7-4-5-11-6-8(7)9/h4-6,9H,1-3,10H2/t9-/m1/s1. The Bertz CT molecular complexity index is 257. The van der Waals surface area contributed by atoms with Crippen LogP contribution in [0.25, 0.3) is 0 Å². The number of rotatable bonds is 0. The molecule has 0 aromatic carbocycles. The van der Waals surface area contributed by atoms with Crippen molar-refractivity contribution in [3.05, 3.63) is 29.6 Å². The molecule has 0 aliphatic heterocycles. The van der Waals surface area contributed by atoms with Crippen molar-refractivity contribution in [3.8, 4) is 0 Å². The summed E-state index contributed by atoms with van der Waals surface area (Å²) in [6.45, 7) is 0. The second-order valence-electron chi connectivity index (χ2n) is 3.07. The van der Waals surface area contributed by atoms with Crippen LogP contribution in [-0.2, 0) is 6.42 Å². The van der Waals surface area contributed by atoms with Gasteiger partial charge in [-0.2, -0.15) is 0 Å². The van der Waals surface area contributed by atoms with E-state index in [4.69, 9.17) is 5.73 Å². The third kappa shape index (κ3) is 1.14. The van der Waals surface area contributed by atoms with Gasteiger partial charge in [0.05, 0.1) is 0 Å². The molecular formula is C9H12N2. The number of fused-ring (bicyclic) bond motifs is 1. The van der Waals surface area contributed by atoms with E-state index in [1.165, 1.54) is 24.0 Å². The number of pyridine rings is 1.